The first kappa shape index (κ1) is 20.3. The molecule has 2 aromatic rings. The van der Waals surface area contributed by atoms with Gasteiger partial charge in [-0.15, -0.1) is 0 Å². The van der Waals surface area contributed by atoms with E-state index in [0.29, 0.717) is 5.92 Å². The van der Waals surface area contributed by atoms with Gasteiger partial charge in [-0.2, -0.15) is 8.78 Å². The molecule has 28 heavy (non-hydrogen) atoms. The summed E-state index contributed by atoms with van der Waals surface area (Å²) < 4.78 is 29.6. The summed E-state index contributed by atoms with van der Waals surface area (Å²) >= 11 is 0. The number of hydrogen-bond donors (Lipinski definition) is 2. The molecule has 150 valence electrons. The van der Waals surface area contributed by atoms with Gasteiger partial charge in [0.1, 0.15) is 5.75 Å². The molecule has 0 unspecified atom stereocenters. The molecular formula is C22H27F2N2O2+. The van der Waals surface area contributed by atoms with Crippen LogP contribution in [-0.2, 0) is 11.2 Å². The third-order valence-corrected chi connectivity index (χ3v) is 5.48. The summed E-state index contributed by atoms with van der Waals surface area (Å²) in [6, 6.07) is 16.5. The summed E-state index contributed by atoms with van der Waals surface area (Å²) in [4.78, 5) is 13.9. The highest BCUT2D eigenvalue weighted by Crippen LogP contribution is 2.25. The average Bonchev–Trinajstić information content (AvgIpc) is 2.70. The molecule has 1 aliphatic heterocycles. The highest BCUT2D eigenvalue weighted by molar-refractivity contribution is 5.94. The number of para-hydroxylation sites is 2. The van der Waals surface area contributed by atoms with Gasteiger partial charge in [-0.1, -0.05) is 42.5 Å². The average molecular weight is 389 g/mol. The molecular weight excluding hydrogens is 362 g/mol. The van der Waals surface area contributed by atoms with Crippen molar-refractivity contribution in [2.45, 2.75) is 38.8 Å². The van der Waals surface area contributed by atoms with Gasteiger partial charge in [-0.3, -0.25) is 4.79 Å². The summed E-state index contributed by atoms with van der Waals surface area (Å²) in [6.45, 7) is 0.825. The number of quaternary nitrogens is 1. The van der Waals surface area contributed by atoms with E-state index in [2.05, 4.69) is 34.3 Å². The van der Waals surface area contributed by atoms with Crippen LogP contribution >= 0.6 is 0 Å². The number of halogens is 2. The standard InChI is InChI=1S/C22H26F2N2O2/c1-16(21(27)25-19-9-5-6-10-20(19)28-22(23)24)26-13-11-18(12-14-26)15-17-7-3-2-4-8-17/h2-10,16,18,22H,11-15H2,1H3,(H,25,27)/p+1/t16-/m0/s1. The Morgan fingerprint density at radius 2 is 1.75 bits per heavy atom. The molecule has 0 aliphatic carbocycles. The molecule has 2 aromatic carbocycles. The van der Waals surface area contributed by atoms with Crippen LogP contribution in [-0.4, -0.2) is 31.7 Å². The third-order valence-electron chi connectivity index (χ3n) is 5.48. The SMILES string of the molecule is C[C@@H](C(=O)Nc1ccccc1OC(F)F)[NH+]1CCC(Cc2ccccc2)CC1. The first-order valence-electron chi connectivity index (χ1n) is 9.76. The lowest BCUT2D eigenvalue weighted by molar-refractivity contribution is -0.919. The van der Waals surface area contributed by atoms with E-state index in [0.717, 1.165) is 32.4 Å². The summed E-state index contributed by atoms with van der Waals surface area (Å²) in [7, 11) is 0. The Kier molecular flexibility index (Phi) is 6.98. The van der Waals surface area contributed by atoms with Crippen LogP contribution in [0.2, 0.25) is 0 Å². The van der Waals surface area contributed by atoms with E-state index in [-0.39, 0.29) is 23.4 Å². The molecule has 1 fully saturated rings. The number of likely N-dealkylation sites (tertiary alicyclic amines) is 1. The molecule has 1 heterocycles. The maximum Gasteiger partial charge on any atom is 0.387 e. The predicted molar refractivity (Wildman–Crippen MR) is 105 cm³/mol. The summed E-state index contributed by atoms with van der Waals surface area (Å²) in [5.74, 6) is 0.443. The molecule has 1 atom stereocenters. The number of piperidine rings is 1. The lowest BCUT2D eigenvalue weighted by atomic mass is 9.89. The predicted octanol–water partition coefficient (Wildman–Crippen LogP) is 3.15. The third kappa shape index (κ3) is 5.52. The van der Waals surface area contributed by atoms with Gasteiger partial charge in [0.25, 0.3) is 5.91 Å². The van der Waals surface area contributed by atoms with Gasteiger partial charge in [0, 0.05) is 0 Å². The van der Waals surface area contributed by atoms with E-state index in [1.165, 1.54) is 16.5 Å². The lowest BCUT2D eigenvalue weighted by Gasteiger charge is -2.32. The zero-order chi connectivity index (χ0) is 19.9. The van der Waals surface area contributed by atoms with E-state index in [1.54, 1.807) is 18.2 Å². The van der Waals surface area contributed by atoms with Crippen molar-refractivity contribution in [1.29, 1.82) is 0 Å². The molecule has 0 aromatic heterocycles. The molecule has 3 rings (SSSR count). The van der Waals surface area contributed by atoms with Crippen molar-refractivity contribution >= 4 is 11.6 Å². The van der Waals surface area contributed by atoms with Crippen molar-refractivity contribution in [3.05, 3.63) is 60.2 Å². The molecule has 0 radical (unpaired) electrons. The molecule has 1 aliphatic rings. The summed E-state index contributed by atoms with van der Waals surface area (Å²) in [6.07, 6.45) is 3.23. The number of ether oxygens (including phenoxy) is 1. The largest absolute Gasteiger partial charge is 0.433 e. The Morgan fingerprint density at radius 1 is 1.11 bits per heavy atom. The number of nitrogens with one attached hydrogen (secondary N) is 2. The van der Waals surface area contributed by atoms with Crippen LogP contribution in [0.1, 0.15) is 25.3 Å². The lowest BCUT2D eigenvalue weighted by Crippen LogP contribution is -3.17. The molecule has 0 saturated carbocycles. The van der Waals surface area contributed by atoms with Gasteiger partial charge in [0.2, 0.25) is 0 Å². The number of carbonyl (C=O) groups is 1. The smallest absolute Gasteiger partial charge is 0.387 e. The van der Waals surface area contributed by atoms with Gasteiger partial charge in [-0.25, -0.2) is 0 Å². The number of hydrogen-bond acceptors (Lipinski definition) is 2. The molecule has 0 bridgehead atoms. The monoisotopic (exact) mass is 389 g/mol. The second-order valence-electron chi connectivity index (χ2n) is 7.38. The van der Waals surface area contributed by atoms with Crippen LogP contribution in [0.5, 0.6) is 5.75 Å². The highest BCUT2D eigenvalue weighted by atomic mass is 19.3. The Balaban J connectivity index is 1.52. The summed E-state index contributed by atoms with van der Waals surface area (Å²) in [5, 5.41) is 2.75. The second kappa shape index (κ2) is 9.64. The van der Waals surface area contributed by atoms with Crippen LogP contribution in [0.15, 0.2) is 54.6 Å². The maximum absolute atomic E-state index is 12.6. The van der Waals surface area contributed by atoms with Crippen molar-refractivity contribution in [3.8, 4) is 5.75 Å². The van der Waals surface area contributed by atoms with Crippen molar-refractivity contribution in [2.75, 3.05) is 18.4 Å². The van der Waals surface area contributed by atoms with Gasteiger partial charge in [0.05, 0.1) is 18.8 Å². The molecule has 1 amide bonds. The Labute approximate surface area is 164 Å². The van der Waals surface area contributed by atoms with Gasteiger partial charge >= 0.3 is 6.61 Å². The molecule has 1 saturated heterocycles. The molecule has 4 nitrogen and oxygen atoms in total. The minimum atomic E-state index is -2.93. The Hall–Kier alpha value is -2.47. The van der Waals surface area contributed by atoms with Gasteiger partial charge in [0.15, 0.2) is 6.04 Å². The number of carbonyl (C=O) groups excluding carboxylic acids is 1. The minimum Gasteiger partial charge on any atom is -0.433 e. The first-order valence-corrected chi connectivity index (χ1v) is 9.76. The number of anilines is 1. The maximum atomic E-state index is 12.6. The van der Waals surface area contributed by atoms with Crippen LogP contribution < -0.4 is 15.0 Å². The fourth-order valence-corrected chi connectivity index (χ4v) is 3.83. The second-order valence-corrected chi connectivity index (χ2v) is 7.38. The Morgan fingerprint density at radius 3 is 2.43 bits per heavy atom. The van der Waals surface area contributed by atoms with Crippen LogP contribution in [0.4, 0.5) is 14.5 Å². The van der Waals surface area contributed by atoms with Gasteiger partial charge in [-0.05, 0) is 49.8 Å². The highest BCUT2D eigenvalue weighted by Gasteiger charge is 2.30. The molecule has 2 N–H and O–H groups in total. The van der Waals surface area contributed by atoms with Gasteiger partial charge < -0.3 is 15.0 Å². The molecule has 6 heteroatoms. The number of alkyl halides is 2. The Bertz CT molecular complexity index is 762. The summed E-state index contributed by atoms with van der Waals surface area (Å²) in [5.41, 5.74) is 1.63. The topological polar surface area (TPSA) is 42.8 Å². The fraction of sp³-hybridized carbons (Fsp3) is 0.409. The first-order chi connectivity index (χ1) is 13.5. The zero-order valence-corrected chi connectivity index (χ0v) is 16.0. The van der Waals surface area contributed by atoms with Crippen molar-refractivity contribution in [3.63, 3.8) is 0 Å². The number of amides is 1. The van der Waals surface area contributed by atoms with E-state index in [1.807, 2.05) is 13.0 Å². The van der Waals surface area contributed by atoms with E-state index in [4.69, 9.17) is 0 Å². The van der Waals surface area contributed by atoms with Crippen molar-refractivity contribution < 1.29 is 23.2 Å². The minimum absolute atomic E-state index is 0.0189. The van der Waals surface area contributed by atoms with Crippen LogP contribution in [0, 0.1) is 5.92 Å². The van der Waals surface area contributed by atoms with E-state index in [9.17, 15) is 13.6 Å². The van der Waals surface area contributed by atoms with Crippen LogP contribution in [0.25, 0.3) is 0 Å². The fourth-order valence-electron chi connectivity index (χ4n) is 3.83. The quantitative estimate of drug-likeness (QED) is 0.764. The van der Waals surface area contributed by atoms with E-state index < -0.39 is 6.61 Å². The number of benzene rings is 2. The van der Waals surface area contributed by atoms with Crippen molar-refractivity contribution in [1.82, 2.24) is 0 Å². The molecule has 0 spiro atoms. The normalized spacial score (nSPS) is 20.6. The van der Waals surface area contributed by atoms with Crippen molar-refractivity contribution in [2.24, 2.45) is 5.92 Å². The van der Waals surface area contributed by atoms with E-state index >= 15 is 0 Å². The zero-order valence-electron chi connectivity index (χ0n) is 16.0. The van der Waals surface area contributed by atoms with Crippen LogP contribution in [0.3, 0.4) is 0 Å². The number of rotatable bonds is 7.